The molecule has 3 aromatic rings. The van der Waals surface area contributed by atoms with Crippen molar-refractivity contribution >= 4 is 28.9 Å². The predicted molar refractivity (Wildman–Crippen MR) is 104 cm³/mol. The number of amides is 1. The normalized spacial score (nSPS) is 12.2. The Labute approximate surface area is 161 Å². The highest BCUT2D eigenvalue weighted by molar-refractivity contribution is 6.30. The maximum absolute atomic E-state index is 13.0. The summed E-state index contributed by atoms with van der Waals surface area (Å²) in [5.74, 6) is -1.06. The lowest BCUT2D eigenvalue weighted by Crippen LogP contribution is -2.23. The summed E-state index contributed by atoms with van der Waals surface area (Å²) in [6.45, 7) is 1.45. The van der Waals surface area contributed by atoms with Crippen LogP contribution in [0.2, 0.25) is 0 Å². The molecular weight excluding hydrogens is 354 g/mol. The van der Waals surface area contributed by atoms with Gasteiger partial charge in [0.25, 0.3) is 5.91 Å². The Balaban J connectivity index is 1.71. The Hall–Kier alpha value is -3.86. The first-order valence-electron chi connectivity index (χ1n) is 8.71. The van der Waals surface area contributed by atoms with Crippen molar-refractivity contribution in [2.24, 2.45) is 0 Å². The molecule has 0 aromatic heterocycles. The first-order chi connectivity index (χ1) is 13.5. The lowest BCUT2D eigenvalue weighted by Gasteiger charge is -2.20. The highest BCUT2D eigenvalue weighted by atomic mass is 16.2. The van der Waals surface area contributed by atoms with Gasteiger partial charge in [-0.05, 0) is 25.1 Å². The van der Waals surface area contributed by atoms with E-state index in [4.69, 9.17) is 0 Å². The molecule has 0 radical (unpaired) electrons. The number of fused-ring (bicyclic) bond motifs is 2. The molecule has 0 atom stereocenters. The second kappa shape index (κ2) is 6.70. The van der Waals surface area contributed by atoms with Gasteiger partial charge in [-0.2, -0.15) is 0 Å². The fourth-order valence-corrected chi connectivity index (χ4v) is 3.30. The third kappa shape index (κ3) is 2.83. The summed E-state index contributed by atoms with van der Waals surface area (Å²) in [4.78, 5) is 49.7. The summed E-state index contributed by atoms with van der Waals surface area (Å²) in [5.41, 5.74) is 2.29. The van der Waals surface area contributed by atoms with Crippen LogP contribution in [0.5, 0.6) is 0 Å². The lowest BCUT2D eigenvalue weighted by atomic mass is 9.83. The first kappa shape index (κ1) is 17.5. The van der Waals surface area contributed by atoms with Crippen molar-refractivity contribution in [1.82, 2.24) is 0 Å². The van der Waals surface area contributed by atoms with Crippen LogP contribution < -0.4 is 5.32 Å². The van der Waals surface area contributed by atoms with Gasteiger partial charge in [0.2, 0.25) is 0 Å². The van der Waals surface area contributed by atoms with E-state index in [0.717, 1.165) is 0 Å². The summed E-state index contributed by atoms with van der Waals surface area (Å²) >= 11 is 0. The maximum atomic E-state index is 13.0. The molecule has 0 aliphatic heterocycles. The van der Waals surface area contributed by atoms with E-state index in [-0.39, 0.29) is 34.2 Å². The first-order valence-corrected chi connectivity index (χ1v) is 8.71. The molecule has 28 heavy (non-hydrogen) atoms. The van der Waals surface area contributed by atoms with Gasteiger partial charge in [0, 0.05) is 27.8 Å². The van der Waals surface area contributed by atoms with Crippen LogP contribution in [-0.2, 0) is 0 Å². The molecule has 5 heteroatoms. The molecule has 0 unspecified atom stereocenters. The summed E-state index contributed by atoms with van der Waals surface area (Å²) in [6.07, 6.45) is 0. The number of benzene rings is 3. The van der Waals surface area contributed by atoms with E-state index < -0.39 is 5.91 Å². The lowest BCUT2D eigenvalue weighted by molar-refractivity contribution is 0.0978. The van der Waals surface area contributed by atoms with Gasteiger partial charge < -0.3 is 5.32 Å². The molecule has 1 aliphatic rings. The number of anilines is 1. The maximum Gasteiger partial charge on any atom is 0.255 e. The van der Waals surface area contributed by atoms with Crippen LogP contribution in [0.1, 0.15) is 59.5 Å². The van der Waals surface area contributed by atoms with Gasteiger partial charge in [-0.3, -0.25) is 19.2 Å². The Morgan fingerprint density at radius 1 is 0.679 bits per heavy atom. The third-order valence-corrected chi connectivity index (χ3v) is 4.75. The zero-order chi connectivity index (χ0) is 19.8. The van der Waals surface area contributed by atoms with Gasteiger partial charge in [-0.25, -0.2) is 0 Å². The number of carbonyl (C=O) groups is 4. The summed E-state index contributed by atoms with van der Waals surface area (Å²) in [7, 11) is 0. The Morgan fingerprint density at radius 2 is 1.25 bits per heavy atom. The minimum Gasteiger partial charge on any atom is -0.321 e. The molecule has 4 rings (SSSR count). The molecule has 0 saturated carbocycles. The highest BCUT2D eigenvalue weighted by Gasteiger charge is 2.31. The van der Waals surface area contributed by atoms with E-state index in [1.807, 2.05) is 0 Å². The summed E-state index contributed by atoms with van der Waals surface area (Å²) < 4.78 is 0. The van der Waals surface area contributed by atoms with Crippen LogP contribution in [0.4, 0.5) is 5.69 Å². The molecule has 5 nitrogen and oxygen atoms in total. The Bertz CT molecular complexity index is 1160. The number of ketones is 3. The SMILES string of the molecule is CC(=O)c1ccc(C(=O)Nc2cccc3c2C(=O)c2ccccc2C3=O)cc1. The van der Waals surface area contributed by atoms with Crippen molar-refractivity contribution < 1.29 is 19.2 Å². The smallest absolute Gasteiger partial charge is 0.255 e. The van der Waals surface area contributed by atoms with Gasteiger partial charge in [0.1, 0.15) is 0 Å². The van der Waals surface area contributed by atoms with E-state index in [1.54, 1.807) is 66.7 Å². The van der Waals surface area contributed by atoms with Gasteiger partial charge in [-0.15, -0.1) is 0 Å². The van der Waals surface area contributed by atoms with Crippen LogP contribution in [0, 0.1) is 0 Å². The fourth-order valence-electron chi connectivity index (χ4n) is 3.30. The quantitative estimate of drug-likeness (QED) is 0.555. The number of carbonyl (C=O) groups excluding carboxylic acids is 4. The fraction of sp³-hybridized carbons (Fsp3) is 0.0435. The van der Waals surface area contributed by atoms with Crippen LogP contribution in [0.15, 0.2) is 66.7 Å². The van der Waals surface area contributed by atoms with Crippen molar-refractivity contribution in [3.63, 3.8) is 0 Å². The van der Waals surface area contributed by atoms with E-state index in [1.165, 1.54) is 6.92 Å². The number of hydrogen-bond donors (Lipinski definition) is 1. The van der Waals surface area contributed by atoms with Crippen LogP contribution in [-0.4, -0.2) is 23.3 Å². The molecule has 0 bridgehead atoms. The Kier molecular flexibility index (Phi) is 4.20. The van der Waals surface area contributed by atoms with Crippen LogP contribution in [0.3, 0.4) is 0 Å². The highest BCUT2D eigenvalue weighted by Crippen LogP contribution is 2.32. The molecule has 0 heterocycles. The molecule has 1 N–H and O–H groups in total. The van der Waals surface area contributed by atoms with Crippen LogP contribution in [0.25, 0.3) is 0 Å². The monoisotopic (exact) mass is 369 g/mol. The molecule has 0 saturated heterocycles. The second-order valence-corrected chi connectivity index (χ2v) is 6.52. The van der Waals surface area contributed by atoms with Crippen molar-refractivity contribution in [3.8, 4) is 0 Å². The molecule has 3 aromatic carbocycles. The van der Waals surface area contributed by atoms with Gasteiger partial charge in [0.15, 0.2) is 17.3 Å². The summed E-state index contributed by atoms with van der Waals surface area (Å²) in [6, 6.07) is 17.7. The minimum absolute atomic E-state index is 0.0909. The van der Waals surface area contributed by atoms with Crippen molar-refractivity contribution in [2.45, 2.75) is 6.92 Å². The number of hydrogen-bond acceptors (Lipinski definition) is 4. The zero-order valence-electron chi connectivity index (χ0n) is 15.0. The van der Waals surface area contributed by atoms with Crippen molar-refractivity contribution in [3.05, 3.63) is 100 Å². The number of Topliss-reactive ketones (excluding diaryl/α,β-unsaturated/α-hetero) is 1. The Morgan fingerprint density at radius 3 is 1.89 bits per heavy atom. The molecule has 1 amide bonds. The largest absolute Gasteiger partial charge is 0.321 e. The molecule has 0 spiro atoms. The van der Waals surface area contributed by atoms with E-state index in [0.29, 0.717) is 22.3 Å². The number of nitrogens with one attached hydrogen (secondary N) is 1. The van der Waals surface area contributed by atoms with Gasteiger partial charge in [-0.1, -0.05) is 48.5 Å². The predicted octanol–water partition coefficient (Wildman–Crippen LogP) is 3.92. The topological polar surface area (TPSA) is 80.3 Å². The third-order valence-electron chi connectivity index (χ3n) is 4.75. The van der Waals surface area contributed by atoms with E-state index in [2.05, 4.69) is 5.32 Å². The average molecular weight is 369 g/mol. The molecule has 1 aliphatic carbocycles. The second-order valence-electron chi connectivity index (χ2n) is 6.52. The van der Waals surface area contributed by atoms with E-state index >= 15 is 0 Å². The zero-order valence-corrected chi connectivity index (χ0v) is 15.0. The van der Waals surface area contributed by atoms with Crippen molar-refractivity contribution in [1.29, 1.82) is 0 Å². The number of rotatable bonds is 3. The molecular formula is C23H15NO4. The van der Waals surface area contributed by atoms with E-state index in [9.17, 15) is 19.2 Å². The average Bonchev–Trinajstić information content (AvgIpc) is 2.72. The van der Waals surface area contributed by atoms with Crippen molar-refractivity contribution in [2.75, 3.05) is 5.32 Å². The van der Waals surface area contributed by atoms with Gasteiger partial charge >= 0.3 is 0 Å². The molecule has 136 valence electrons. The minimum atomic E-state index is -0.428. The van der Waals surface area contributed by atoms with Gasteiger partial charge in [0.05, 0.1) is 11.3 Å². The van der Waals surface area contributed by atoms with Crippen LogP contribution >= 0.6 is 0 Å². The standard InChI is InChI=1S/C23H15NO4/c1-13(25)14-9-11-15(12-10-14)23(28)24-19-8-4-7-18-20(19)22(27)17-6-3-2-5-16(17)21(18)26/h2-12H,1H3,(H,24,28). The summed E-state index contributed by atoms with van der Waals surface area (Å²) in [5, 5.41) is 2.72. The molecule has 0 fully saturated rings.